The predicted molar refractivity (Wildman–Crippen MR) is 101 cm³/mol. The fourth-order valence-electron chi connectivity index (χ4n) is 2.92. The molecule has 0 fully saturated rings. The number of nitrogens with one attached hydrogen (secondary N) is 1. The Labute approximate surface area is 145 Å². The minimum absolute atomic E-state index is 0.159. The van der Waals surface area contributed by atoms with Crippen molar-refractivity contribution in [3.8, 4) is 0 Å². The van der Waals surface area contributed by atoms with Gasteiger partial charge in [-0.1, -0.05) is 29.8 Å². The average molecular weight is 333 g/mol. The SMILES string of the molecule is Cc1cc(C)c(NC(=O)/C=C/c2coc3ccccc3c2=O)c(C)c1. The van der Waals surface area contributed by atoms with E-state index in [4.69, 9.17) is 4.42 Å². The van der Waals surface area contributed by atoms with Crippen molar-refractivity contribution in [2.45, 2.75) is 20.8 Å². The number of amides is 1. The van der Waals surface area contributed by atoms with Crippen LogP contribution >= 0.6 is 0 Å². The third-order valence-corrected chi connectivity index (χ3v) is 4.05. The summed E-state index contributed by atoms with van der Waals surface area (Å²) in [4.78, 5) is 24.6. The van der Waals surface area contributed by atoms with Gasteiger partial charge in [0, 0.05) is 11.8 Å². The Morgan fingerprint density at radius 3 is 2.48 bits per heavy atom. The molecule has 126 valence electrons. The zero-order valence-corrected chi connectivity index (χ0v) is 14.4. The van der Waals surface area contributed by atoms with Crippen molar-refractivity contribution in [3.05, 3.63) is 81.2 Å². The molecule has 0 spiro atoms. The second-order valence-electron chi connectivity index (χ2n) is 6.11. The Hall–Kier alpha value is -3.14. The van der Waals surface area contributed by atoms with E-state index in [-0.39, 0.29) is 11.3 Å². The predicted octanol–water partition coefficient (Wildman–Crippen LogP) is 4.37. The van der Waals surface area contributed by atoms with Gasteiger partial charge in [-0.2, -0.15) is 0 Å². The lowest BCUT2D eigenvalue weighted by Gasteiger charge is -2.11. The Balaban J connectivity index is 1.84. The number of anilines is 1. The lowest BCUT2D eigenvalue weighted by molar-refractivity contribution is -0.111. The molecule has 0 saturated heterocycles. The van der Waals surface area contributed by atoms with Crippen LogP contribution in [0, 0.1) is 20.8 Å². The highest BCUT2D eigenvalue weighted by atomic mass is 16.3. The normalized spacial score (nSPS) is 11.2. The molecule has 1 heterocycles. The molecule has 0 aliphatic carbocycles. The van der Waals surface area contributed by atoms with Gasteiger partial charge in [0.2, 0.25) is 5.91 Å². The topological polar surface area (TPSA) is 59.3 Å². The van der Waals surface area contributed by atoms with Crippen molar-refractivity contribution in [1.29, 1.82) is 0 Å². The lowest BCUT2D eigenvalue weighted by Crippen LogP contribution is -2.11. The molecule has 0 aliphatic heterocycles. The van der Waals surface area contributed by atoms with Crippen molar-refractivity contribution in [1.82, 2.24) is 0 Å². The van der Waals surface area contributed by atoms with Crippen LogP contribution in [0.3, 0.4) is 0 Å². The van der Waals surface area contributed by atoms with Gasteiger partial charge < -0.3 is 9.73 Å². The molecule has 2 aromatic carbocycles. The van der Waals surface area contributed by atoms with Crippen LogP contribution in [0.15, 0.2) is 57.9 Å². The summed E-state index contributed by atoms with van der Waals surface area (Å²) in [7, 11) is 0. The Morgan fingerprint density at radius 1 is 1.08 bits per heavy atom. The van der Waals surface area contributed by atoms with Gasteiger partial charge in [-0.15, -0.1) is 0 Å². The summed E-state index contributed by atoms with van der Waals surface area (Å²) in [6.45, 7) is 5.93. The van der Waals surface area contributed by atoms with E-state index in [9.17, 15) is 9.59 Å². The van der Waals surface area contributed by atoms with Crippen LogP contribution in [0.5, 0.6) is 0 Å². The monoisotopic (exact) mass is 333 g/mol. The van der Waals surface area contributed by atoms with Crippen LogP contribution in [-0.2, 0) is 4.79 Å². The van der Waals surface area contributed by atoms with Gasteiger partial charge in [0.15, 0.2) is 5.43 Å². The van der Waals surface area contributed by atoms with E-state index in [1.165, 1.54) is 18.4 Å². The number of rotatable bonds is 3. The third kappa shape index (κ3) is 3.53. The van der Waals surface area contributed by atoms with Crippen molar-refractivity contribution in [3.63, 3.8) is 0 Å². The number of hydrogen-bond donors (Lipinski definition) is 1. The largest absolute Gasteiger partial charge is 0.463 e. The van der Waals surface area contributed by atoms with Gasteiger partial charge in [0.05, 0.1) is 10.9 Å². The van der Waals surface area contributed by atoms with E-state index < -0.39 is 0 Å². The molecule has 4 nitrogen and oxygen atoms in total. The second kappa shape index (κ2) is 6.77. The van der Waals surface area contributed by atoms with Crippen LogP contribution in [-0.4, -0.2) is 5.91 Å². The number of fused-ring (bicyclic) bond motifs is 1. The highest BCUT2D eigenvalue weighted by Gasteiger charge is 2.07. The van der Waals surface area contributed by atoms with Crippen LogP contribution < -0.4 is 10.7 Å². The lowest BCUT2D eigenvalue weighted by atomic mass is 10.1. The van der Waals surface area contributed by atoms with Gasteiger partial charge >= 0.3 is 0 Å². The maximum atomic E-state index is 12.4. The van der Waals surface area contributed by atoms with E-state index in [0.717, 1.165) is 22.4 Å². The molecule has 4 heteroatoms. The van der Waals surface area contributed by atoms with Crippen LogP contribution in [0.2, 0.25) is 0 Å². The quantitative estimate of drug-likeness (QED) is 0.724. The molecule has 0 aliphatic rings. The molecule has 1 aromatic heterocycles. The molecule has 0 atom stereocenters. The highest BCUT2D eigenvalue weighted by Crippen LogP contribution is 2.22. The number of hydrogen-bond acceptors (Lipinski definition) is 3. The molecule has 25 heavy (non-hydrogen) atoms. The van der Waals surface area contributed by atoms with Crippen molar-refractivity contribution in [2.24, 2.45) is 0 Å². The fourth-order valence-corrected chi connectivity index (χ4v) is 2.92. The maximum absolute atomic E-state index is 12.4. The Kier molecular flexibility index (Phi) is 4.52. The standard InChI is InChI=1S/C21H19NO3/c1-13-10-14(2)20(15(3)11-13)22-19(23)9-8-16-12-25-18-7-5-4-6-17(18)21(16)24/h4-12H,1-3H3,(H,22,23)/b9-8+. The molecular weight excluding hydrogens is 314 g/mol. The molecule has 3 aromatic rings. The molecule has 0 saturated carbocycles. The first-order valence-electron chi connectivity index (χ1n) is 8.03. The Morgan fingerprint density at radius 2 is 1.76 bits per heavy atom. The number of aryl methyl sites for hydroxylation is 3. The van der Waals surface area contributed by atoms with Crippen LogP contribution in [0.1, 0.15) is 22.3 Å². The zero-order valence-electron chi connectivity index (χ0n) is 14.4. The third-order valence-electron chi connectivity index (χ3n) is 4.05. The van der Waals surface area contributed by atoms with Gasteiger partial charge in [-0.3, -0.25) is 9.59 Å². The number of carbonyl (C=O) groups is 1. The van der Waals surface area contributed by atoms with Gasteiger partial charge in [0.25, 0.3) is 0 Å². The summed E-state index contributed by atoms with van der Waals surface area (Å²) in [5.41, 5.74) is 4.66. The smallest absolute Gasteiger partial charge is 0.248 e. The summed E-state index contributed by atoms with van der Waals surface area (Å²) < 4.78 is 5.44. The first-order valence-corrected chi connectivity index (χ1v) is 8.03. The number of para-hydroxylation sites is 1. The molecular formula is C21H19NO3. The highest BCUT2D eigenvalue weighted by molar-refractivity contribution is 6.03. The molecule has 1 N–H and O–H groups in total. The van der Waals surface area contributed by atoms with Crippen molar-refractivity contribution in [2.75, 3.05) is 5.32 Å². The van der Waals surface area contributed by atoms with Gasteiger partial charge in [0.1, 0.15) is 11.8 Å². The van der Waals surface area contributed by atoms with Crippen molar-refractivity contribution < 1.29 is 9.21 Å². The summed E-state index contributed by atoms with van der Waals surface area (Å²) in [6, 6.07) is 11.1. The van der Waals surface area contributed by atoms with E-state index in [1.807, 2.05) is 32.9 Å². The van der Waals surface area contributed by atoms with E-state index >= 15 is 0 Å². The summed E-state index contributed by atoms with van der Waals surface area (Å²) in [5.74, 6) is -0.289. The van der Waals surface area contributed by atoms with Gasteiger partial charge in [-0.05, 0) is 50.1 Å². The molecule has 0 bridgehead atoms. The summed E-state index contributed by atoms with van der Waals surface area (Å²) >= 11 is 0. The van der Waals surface area contributed by atoms with Crippen LogP contribution in [0.4, 0.5) is 5.69 Å². The summed E-state index contributed by atoms with van der Waals surface area (Å²) in [5, 5.41) is 3.37. The molecule has 1 amide bonds. The van der Waals surface area contributed by atoms with E-state index in [1.54, 1.807) is 24.3 Å². The van der Waals surface area contributed by atoms with Crippen molar-refractivity contribution >= 4 is 28.6 Å². The van der Waals surface area contributed by atoms with E-state index in [0.29, 0.717) is 16.5 Å². The van der Waals surface area contributed by atoms with E-state index in [2.05, 4.69) is 5.32 Å². The minimum Gasteiger partial charge on any atom is -0.463 e. The Bertz CT molecular complexity index is 1020. The zero-order chi connectivity index (χ0) is 18.0. The molecule has 0 radical (unpaired) electrons. The fraction of sp³-hybridized carbons (Fsp3) is 0.143. The first-order chi connectivity index (χ1) is 12.0. The van der Waals surface area contributed by atoms with Crippen LogP contribution in [0.25, 0.3) is 17.0 Å². The molecule has 3 rings (SSSR count). The minimum atomic E-state index is -0.289. The first kappa shape index (κ1) is 16.7. The van der Waals surface area contributed by atoms with Gasteiger partial charge in [-0.25, -0.2) is 0 Å². The molecule has 0 unspecified atom stereocenters. The number of carbonyl (C=O) groups excluding carboxylic acids is 1. The maximum Gasteiger partial charge on any atom is 0.248 e. The average Bonchev–Trinajstić information content (AvgIpc) is 2.58. The number of benzene rings is 2. The summed E-state index contributed by atoms with van der Waals surface area (Å²) in [6.07, 6.45) is 4.20. The second-order valence-corrected chi connectivity index (χ2v) is 6.11.